The van der Waals surface area contributed by atoms with E-state index in [2.05, 4.69) is 16.5 Å². The van der Waals surface area contributed by atoms with Gasteiger partial charge in [0.15, 0.2) is 0 Å². The quantitative estimate of drug-likeness (QED) is 0.848. The minimum Gasteiger partial charge on any atom is -0.376 e. The van der Waals surface area contributed by atoms with Crippen molar-refractivity contribution >= 4 is 0 Å². The zero-order valence-electron chi connectivity index (χ0n) is 10.6. The van der Waals surface area contributed by atoms with Crippen molar-refractivity contribution in [2.45, 2.75) is 57.7 Å². The SMILES string of the molecule is CCc1cncn1CCOC1CCC(N)CC1. The van der Waals surface area contributed by atoms with Crippen LogP contribution in [0.25, 0.3) is 0 Å². The Labute approximate surface area is 103 Å². The minimum atomic E-state index is 0.398. The predicted octanol–water partition coefficient (Wildman–Crippen LogP) is 1.73. The summed E-state index contributed by atoms with van der Waals surface area (Å²) in [6, 6.07) is 0.398. The fourth-order valence-corrected chi connectivity index (χ4v) is 2.42. The maximum absolute atomic E-state index is 5.90. The van der Waals surface area contributed by atoms with E-state index in [1.165, 1.54) is 5.69 Å². The summed E-state index contributed by atoms with van der Waals surface area (Å²) in [7, 11) is 0. The third-order valence-electron chi connectivity index (χ3n) is 3.57. The number of nitrogens with two attached hydrogens (primary N) is 1. The van der Waals surface area contributed by atoms with Crippen LogP contribution in [0.5, 0.6) is 0 Å². The van der Waals surface area contributed by atoms with Gasteiger partial charge in [0.25, 0.3) is 0 Å². The average molecular weight is 237 g/mol. The van der Waals surface area contributed by atoms with Gasteiger partial charge in [-0.1, -0.05) is 6.92 Å². The maximum Gasteiger partial charge on any atom is 0.0948 e. The van der Waals surface area contributed by atoms with Crippen molar-refractivity contribution in [1.82, 2.24) is 9.55 Å². The minimum absolute atomic E-state index is 0.398. The van der Waals surface area contributed by atoms with Gasteiger partial charge in [0.05, 0.1) is 19.0 Å². The number of aromatic nitrogens is 2. The molecule has 0 unspecified atom stereocenters. The predicted molar refractivity (Wildman–Crippen MR) is 67.8 cm³/mol. The Kier molecular flexibility index (Phi) is 4.57. The van der Waals surface area contributed by atoms with Crippen LogP contribution in [0.2, 0.25) is 0 Å². The molecule has 2 N–H and O–H groups in total. The highest BCUT2D eigenvalue weighted by molar-refractivity contribution is 4.97. The van der Waals surface area contributed by atoms with Gasteiger partial charge in [-0.3, -0.25) is 0 Å². The Morgan fingerprint density at radius 3 is 2.88 bits per heavy atom. The summed E-state index contributed by atoms with van der Waals surface area (Å²) in [6.07, 6.45) is 9.71. The Morgan fingerprint density at radius 1 is 1.41 bits per heavy atom. The first kappa shape index (κ1) is 12.6. The molecular weight excluding hydrogens is 214 g/mol. The molecule has 0 aromatic carbocycles. The van der Waals surface area contributed by atoms with Crippen molar-refractivity contribution in [2.75, 3.05) is 6.61 Å². The molecule has 1 fully saturated rings. The molecule has 0 spiro atoms. The number of imidazole rings is 1. The largest absolute Gasteiger partial charge is 0.376 e. The smallest absolute Gasteiger partial charge is 0.0948 e. The second-order valence-electron chi connectivity index (χ2n) is 4.84. The van der Waals surface area contributed by atoms with E-state index in [9.17, 15) is 0 Å². The molecule has 4 nitrogen and oxygen atoms in total. The molecule has 1 aliphatic rings. The van der Waals surface area contributed by atoms with Crippen molar-refractivity contribution in [3.05, 3.63) is 18.2 Å². The van der Waals surface area contributed by atoms with Gasteiger partial charge in [-0.15, -0.1) is 0 Å². The van der Waals surface area contributed by atoms with E-state index in [-0.39, 0.29) is 0 Å². The highest BCUT2D eigenvalue weighted by Gasteiger charge is 2.18. The van der Waals surface area contributed by atoms with E-state index in [0.717, 1.165) is 45.3 Å². The first-order valence-electron chi connectivity index (χ1n) is 6.65. The molecule has 1 aromatic heterocycles. The first-order chi connectivity index (χ1) is 8.29. The summed E-state index contributed by atoms with van der Waals surface area (Å²) in [5.41, 5.74) is 7.15. The molecule has 0 radical (unpaired) electrons. The summed E-state index contributed by atoms with van der Waals surface area (Å²) in [5, 5.41) is 0. The molecule has 96 valence electrons. The zero-order chi connectivity index (χ0) is 12.1. The summed E-state index contributed by atoms with van der Waals surface area (Å²) >= 11 is 0. The third-order valence-corrected chi connectivity index (χ3v) is 3.57. The Balaban J connectivity index is 1.69. The molecule has 1 aliphatic carbocycles. The molecule has 1 heterocycles. The summed E-state index contributed by atoms with van der Waals surface area (Å²) in [5.74, 6) is 0. The number of nitrogens with zero attached hydrogens (tertiary/aromatic N) is 2. The van der Waals surface area contributed by atoms with E-state index in [0.29, 0.717) is 12.1 Å². The first-order valence-corrected chi connectivity index (χ1v) is 6.65. The van der Waals surface area contributed by atoms with Crippen molar-refractivity contribution in [1.29, 1.82) is 0 Å². The van der Waals surface area contributed by atoms with E-state index >= 15 is 0 Å². The lowest BCUT2D eigenvalue weighted by atomic mass is 9.94. The van der Waals surface area contributed by atoms with Crippen LogP contribution < -0.4 is 5.73 Å². The maximum atomic E-state index is 5.90. The molecule has 0 bridgehead atoms. The van der Waals surface area contributed by atoms with E-state index < -0.39 is 0 Å². The van der Waals surface area contributed by atoms with Crippen LogP contribution in [-0.4, -0.2) is 28.3 Å². The Hall–Kier alpha value is -0.870. The number of rotatable bonds is 5. The highest BCUT2D eigenvalue weighted by atomic mass is 16.5. The van der Waals surface area contributed by atoms with Gasteiger partial charge in [-0.05, 0) is 32.1 Å². The topological polar surface area (TPSA) is 53.1 Å². The molecule has 0 saturated heterocycles. The van der Waals surface area contributed by atoms with Crippen molar-refractivity contribution in [3.63, 3.8) is 0 Å². The van der Waals surface area contributed by atoms with E-state index in [1.807, 2.05) is 12.5 Å². The standard InChI is InChI=1S/C13H23N3O/c1-2-12-9-15-10-16(12)7-8-17-13-5-3-11(14)4-6-13/h9-11,13H,2-8,14H2,1H3. The van der Waals surface area contributed by atoms with Crippen LogP contribution in [0.15, 0.2) is 12.5 Å². The van der Waals surface area contributed by atoms with Gasteiger partial charge in [0, 0.05) is 24.5 Å². The summed E-state index contributed by atoms with van der Waals surface area (Å²) < 4.78 is 8.08. The van der Waals surface area contributed by atoms with Gasteiger partial charge in [0.1, 0.15) is 0 Å². The molecule has 1 aromatic rings. The Morgan fingerprint density at radius 2 is 2.18 bits per heavy atom. The van der Waals surface area contributed by atoms with E-state index in [4.69, 9.17) is 10.5 Å². The molecule has 4 heteroatoms. The average Bonchev–Trinajstić information content (AvgIpc) is 2.79. The van der Waals surface area contributed by atoms with Crippen LogP contribution >= 0.6 is 0 Å². The number of ether oxygens (including phenoxy) is 1. The van der Waals surface area contributed by atoms with Gasteiger partial charge in [-0.25, -0.2) is 4.98 Å². The van der Waals surface area contributed by atoms with Crippen LogP contribution in [-0.2, 0) is 17.7 Å². The number of hydrogen-bond donors (Lipinski definition) is 1. The van der Waals surface area contributed by atoms with Crippen molar-refractivity contribution in [2.24, 2.45) is 5.73 Å². The van der Waals surface area contributed by atoms with E-state index in [1.54, 1.807) is 0 Å². The fraction of sp³-hybridized carbons (Fsp3) is 0.769. The summed E-state index contributed by atoms with van der Waals surface area (Å²) in [6.45, 7) is 3.84. The van der Waals surface area contributed by atoms with Crippen LogP contribution in [0.1, 0.15) is 38.3 Å². The zero-order valence-corrected chi connectivity index (χ0v) is 10.6. The Bertz CT molecular complexity index is 329. The summed E-state index contributed by atoms with van der Waals surface area (Å²) in [4.78, 5) is 4.16. The van der Waals surface area contributed by atoms with Gasteiger partial charge >= 0.3 is 0 Å². The van der Waals surface area contributed by atoms with Crippen LogP contribution in [0.4, 0.5) is 0 Å². The lowest BCUT2D eigenvalue weighted by molar-refractivity contribution is 0.0207. The molecule has 2 rings (SSSR count). The molecule has 0 aliphatic heterocycles. The van der Waals surface area contributed by atoms with Gasteiger partial charge < -0.3 is 15.0 Å². The lowest BCUT2D eigenvalue weighted by Gasteiger charge is -2.26. The lowest BCUT2D eigenvalue weighted by Crippen LogP contribution is -2.30. The molecule has 17 heavy (non-hydrogen) atoms. The highest BCUT2D eigenvalue weighted by Crippen LogP contribution is 2.19. The monoisotopic (exact) mass is 237 g/mol. The number of aryl methyl sites for hydroxylation is 1. The second kappa shape index (κ2) is 6.17. The van der Waals surface area contributed by atoms with Gasteiger partial charge in [-0.2, -0.15) is 0 Å². The molecule has 1 saturated carbocycles. The fourth-order valence-electron chi connectivity index (χ4n) is 2.42. The van der Waals surface area contributed by atoms with Crippen LogP contribution in [0, 0.1) is 0 Å². The third kappa shape index (κ3) is 3.54. The number of hydrogen-bond acceptors (Lipinski definition) is 3. The molecular formula is C13H23N3O. The second-order valence-corrected chi connectivity index (χ2v) is 4.84. The van der Waals surface area contributed by atoms with Crippen molar-refractivity contribution < 1.29 is 4.74 Å². The van der Waals surface area contributed by atoms with Crippen molar-refractivity contribution in [3.8, 4) is 0 Å². The molecule has 0 atom stereocenters. The molecule has 0 amide bonds. The normalized spacial score (nSPS) is 25.1. The van der Waals surface area contributed by atoms with Gasteiger partial charge in [0.2, 0.25) is 0 Å². The van der Waals surface area contributed by atoms with Crippen LogP contribution in [0.3, 0.4) is 0 Å².